The molecule has 3 unspecified atom stereocenters. The average molecular weight is 361 g/mol. The molecular weight excluding hydrogens is 340 g/mol. The molecule has 1 aromatic carbocycles. The number of carboxylic acid groups (broad SMARTS) is 1. The summed E-state index contributed by atoms with van der Waals surface area (Å²) in [5.41, 5.74) is 0.873. The zero-order valence-corrected chi connectivity index (χ0v) is 14.7. The number of nitrogens with zero attached hydrogens (tertiary/aromatic N) is 2. The van der Waals surface area contributed by atoms with Crippen LogP contribution in [0.25, 0.3) is 11.3 Å². The number of likely N-dealkylation sites (tertiary alicyclic amines) is 1. The van der Waals surface area contributed by atoms with Crippen LogP contribution in [-0.4, -0.2) is 33.0 Å². The van der Waals surface area contributed by atoms with Crippen molar-refractivity contribution in [1.29, 1.82) is 0 Å². The normalized spacial score (nSPS) is 26.5. The van der Waals surface area contributed by atoms with Crippen LogP contribution < -0.4 is 0 Å². The number of benzene rings is 1. The lowest BCUT2D eigenvalue weighted by Gasteiger charge is -2.32. The highest BCUT2D eigenvalue weighted by atomic mass is 35.5. The van der Waals surface area contributed by atoms with Crippen LogP contribution in [0.5, 0.6) is 0 Å². The van der Waals surface area contributed by atoms with Gasteiger partial charge in [-0.1, -0.05) is 36.6 Å². The highest BCUT2D eigenvalue weighted by Gasteiger charge is 2.45. The Labute approximate surface area is 151 Å². The minimum absolute atomic E-state index is 0.330. The van der Waals surface area contributed by atoms with Gasteiger partial charge in [0.25, 0.3) is 0 Å². The van der Waals surface area contributed by atoms with E-state index in [2.05, 4.69) is 9.88 Å². The number of aromatic nitrogens is 1. The standard InChI is InChI=1S/C19H21ClN2O3/c20-14-6-3-5-13(8-14)17-10-21-18(25-17)11-22-15-7-2-1-4-12(15)9-16(22)19(23)24/h3,5-6,8,10,12,15-16H,1-2,4,7,9,11H2,(H,23,24). The van der Waals surface area contributed by atoms with E-state index in [0.717, 1.165) is 24.8 Å². The lowest BCUT2D eigenvalue weighted by atomic mass is 9.85. The lowest BCUT2D eigenvalue weighted by Crippen LogP contribution is -2.41. The van der Waals surface area contributed by atoms with Gasteiger partial charge in [0.15, 0.2) is 5.76 Å². The molecule has 132 valence electrons. The minimum atomic E-state index is -0.740. The molecule has 0 radical (unpaired) electrons. The summed E-state index contributed by atoms with van der Waals surface area (Å²) in [6, 6.07) is 7.33. The Morgan fingerprint density at radius 1 is 1.36 bits per heavy atom. The van der Waals surface area contributed by atoms with E-state index < -0.39 is 12.0 Å². The predicted molar refractivity (Wildman–Crippen MR) is 94.3 cm³/mol. The van der Waals surface area contributed by atoms with Crippen LogP contribution >= 0.6 is 11.6 Å². The number of halogens is 1. The van der Waals surface area contributed by atoms with E-state index >= 15 is 0 Å². The van der Waals surface area contributed by atoms with E-state index in [0.29, 0.717) is 35.2 Å². The van der Waals surface area contributed by atoms with Gasteiger partial charge in [0.2, 0.25) is 5.89 Å². The molecular formula is C19H21ClN2O3. The maximum absolute atomic E-state index is 11.7. The van der Waals surface area contributed by atoms with Gasteiger partial charge >= 0.3 is 5.97 Å². The van der Waals surface area contributed by atoms with Gasteiger partial charge in [-0.2, -0.15) is 0 Å². The van der Waals surface area contributed by atoms with Crippen molar-refractivity contribution in [1.82, 2.24) is 9.88 Å². The summed E-state index contributed by atoms with van der Waals surface area (Å²) < 4.78 is 5.89. The van der Waals surface area contributed by atoms with Crippen LogP contribution in [0.15, 0.2) is 34.9 Å². The summed E-state index contributed by atoms with van der Waals surface area (Å²) in [6.07, 6.45) is 7.00. The van der Waals surface area contributed by atoms with Gasteiger partial charge in [-0.25, -0.2) is 4.98 Å². The second-order valence-corrected chi connectivity index (χ2v) is 7.44. The van der Waals surface area contributed by atoms with Crippen molar-refractivity contribution < 1.29 is 14.3 Å². The smallest absolute Gasteiger partial charge is 0.320 e. The Morgan fingerprint density at radius 2 is 2.20 bits per heavy atom. The molecule has 0 amide bonds. The van der Waals surface area contributed by atoms with Crippen LogP contribution in [0, 0.1) is 5.92 Å². The molecule has 6 heteroatoms. The third-order valence-electron chi connectivity index (χ3n) is 5.49. The third kappa shape index (κ3) is 3.31. The van der Waals surface area contributed by atoms with Gasteiger partial charge in [-0.3, -0.25) is 9.69 Å². The number of carboxylic acids is 1. The molecule has 1 N–H and O–H groups in total. The lowest BCUT2D eigenvalue weighted by molar-refractivity contribution is -0.143. The second-order valence-electron chi connectivity index (χ2n) is 7.00. The Balaban J connectivity index is 1.55. The van der Waals surface area contributed by atoms with E-state index in [1.165, 1.54) is 12.8 Å². The van der Waals surface area contributed by atoms with Gasteiger partial charge in [0.05, 0.1) is 12.7 Å². The molecule has 4 rings (SSSR count). The average Bonchev–Trinajstić information content (AvgIpc) is 3.21. The van der Waals surface area contributed by atoms with Crippen LogP contribution in [0.2, 0.25) is 5.02 Å². The van der Waals surface area contributed by atoms with Gasteiger partial charge in [0, 0.05) is 16.6 Å². The summed E-state index contributed by atoms with van der Waals surface area (Å²) in [5, 5.41) is 10.3. The number of aliphatic carboxylic acids is 1. The summed E-state index contributed by atoms with van der Waals surface area (Å²) >= 11 is 6.03. The summed E-state index contributed by atoms with van der Waals surface area (Å²) in [6.45, 7) is 0.443. The zero-order chi connectivity index (χ0) is 17.4. The van der Waals surface area contributed by atoms with Gasteiger partial charge < -0.3 is 9.52 Å². The number of hydrogen-bond donors (Lipinski definition) is 1. The molecule has 25 heavy (non-hydrogen) atoms. The highest BCUT2D eigenvalue weighted by Crippen LogP contribution is 2.40. The van der Waals surface area contributed by atoms with E-state index in [9.17, 15) is 9.90 Å². The summed E-state index contributed by atoms with van der Waals surface area (Å²) in [4.78, 5) is 18.2. The van der Waals surface area contributed by atoms with Crippen molar-refractivity contribution in [3.63, 3.8) is 0 Å². The first-order valence-electron chi connectivity index (χ1n) is 8.81. The van der Waals surface area contributed by atoms with Crippen molar-refractivity contribution in [3.05, 3.63) is 41.4 Å². The molecule has 5 nitrogen and oxygen atoms in total. The van der Waals surface area contributed by atoms with E-state index in [-0.39, 0.29) is 0 Å². The zero-order valence-electron chi connectivity index (χ0n) is 13.9. The van der Waals surface area contributed by atoms with Crippen LogP contribution in [0.1, 0.15) is 38.0 Å². The van der Waals surface area contributed by atoms with Crippen LogP contribution in [-0.2, 0) is 11.3 Å². The molecule has 1 saturated carbocycles. The molecule has 1 aliphatic heterocycles. The molecule has 1 saturated heterocycles. The van der Waals surface area contributed by atoms with Gasteiger partial charge in [0.1, 0.15) is 6.04 Å². The fourth-order valence-corrected chi connectivity index (χ4v) is 4.53. The van der Waals surface area contributed by atoms with Crippen molar-refractivity contribution in [2.24, 2.45) is 5.92 Å². The Bertz CT molecular complexity index is 776. The Kier molecular flexibility index (Phi) is 4.52. The van der Waals surface area contributed by atoms with Crippen molar-refractivity contribution in [2.45, 2.75) is 50.7 Å². The summed E-state index contributed by atoms with van der Waals surface area (Å²) in [5.74, 6) is 0.962. The third-order valence-corrected chi connectivity index (χ3v) is 5.72. The fourth-order valence-electron chi connectivity index (χ4n) is 4.34. The molecule has 3 atom stereocenters. The van der Waals surface area contributed by atoms with Crippen molar-refractivity contribution in [3.8, 4) is 11.3 Å². The first kappa shape index (κ1) is 16.6. The maximum atomic E-state index is 11.7. The molecule has 2 fully saturated rings. The molecule has 1 aliphatic carbocycles. The van der Waals surface area contributed by atoms with Crippen LogP contribution in [0.4, 0.5) is 0 Å². The SMILES string of the molecule is O=C(O)C1CC2CCCCC2N1Cc1ncc(-c2cccc(Cl)c2)o1. The maximum Gasteiger partial charge on any atom is 0.320 e. The summed E-state index contributed by atoms with van der Waals surface area (Å²) in [7, 11) is 0. The van der Waals surface area contributed by atoms with Crippen molar-refractivity contribution in [2.75, 3.05) is 0 Å². The van der Waals surface area contributed by atoms with E-state index in [1.54, 1.807) is 6.20 Å². The molecule has 2 aliphatic rings. The van der Waals surface area contributed by atoms with Gasteiger partial charge in [-0.15, -0.1) is 0 Å². The number of rotatable bonds is 4. The van der Waals surface area contributed by atoms with E-state index in [4.69, 9.17) is 16.0 Å². The second kappa shape index (κ2) is 6.81. The topological polar surface area (TPSA) is 66.6 Å². The minimum Gasteiger partial charge on any atom is -0.480 e. The monoisotopic (exact) mass is 360 g/mol. The van der Waals surface area contributed by atoms with Gasteiger partial charge in [-0.05, 0) is 37.3 Å². The molecule has 2 aromatic rings. The number of fused-ring (bicyclic) bond motifs is 1. The fraction of sp³-hybridized carbons (Fsp3) is 0.474. The molecule has 0 spiro atoms. The molecule has 2 heterocycles. The largest absolute Gasteiger partial charge is 0.480 e. The predicted octanol–water partition coefficient (Wildman–Crippen LogP) is 4.21. The number of oxazole rings is 1. The van der Waals surface area contributed by atoms with E-state index in [1.807, 2.05) is 24.3 Å². The quantitative estimate of drug-likeness (QED) is 0.884. The Morgan fingerprint density at radius 3 is 3.00 bits per heavy atom. The first-order valence-corrected chi connectivity index (χ1v) is 9.19. The molecule has 0 bridgehead atoms. The van der Waals surface area contributed by atoms with Crippen molar-refractivity contribution >= 4 is 17.6 Å². The highest BCUT2D eigenvalue weighted by molar-refractivity contribution is 6.30. The first-order chi connectivity index (χ1) is 12.1. The number of carbonyl (C=O) groups is 1. The Hall–Kier alpha value is -1.85. The molecule has 1 aromatic heterocycles. The number of hydrogen-bond acceptors (Lipinski definition) is 4. The van der Waals surface area contributed by atoms with Crippen LogP contribution in [0.3, 0.4) is 0 Å².